The number of halogens is 3. The van der Waals surface area contributed by atoms with Crippen LogP contribution in [-0.2, 0) is 0 Å². The van der Waals surface area contributed by atoms with Gasteiger partial charge in [0.25, 0.3) is 0 Å². The summed E-state index contributed by atoms with van der Waals surface area (Å²) in [7, 11) is 0. The van der Waals surface area contributed by atoms with Gasteiger partial charge in [0.2, 0.25) is 0 Å². The lowest BCUT2D eigenvalue weighted by atomic mass is 9.44. The van der Waals surface area contributed by atoms with E-state index in [1.807, 2.05) is 6.92 Å². The van der Waals surface area contributed by atoms with Crippen LogP contribution in [0.3, 0.4) is 0 Å². The van der Waals surface area contributed by atoms with Gasteiger partial charge < -0.3 is 9.84 Å². The molecule has 4 aliphatic carbocycles. The number of ether oxygens (including phenoxy) is 1. The van der Waals surface area contributed by atoms with Crippen molar-refractivity contribution in [3.8, 4) is 5.75 Å². The fraction of sp³-hybridized carbons (Fsp3) is 0.750. The molecule has 4 saturated carbocycles. The molecule has 0 spiro atoms. The highest BCUT2D eigenvalue weighted by Crippen LogP contribution is 2.68. The third-order valence-electron chi connectivity index (χ3n) is 10.6. The van der Waals surface area contributed by atoms with E-state index < -0.39 is 12.0 Å². The monoisotopic (exact) mass is 478 g/mol. The van der Waals surface area contributed by atoms with Crippen LogP contribution in [0.2, 0.25) is 0 Å². The molecule has 8 atom stereocenters. The SMILES string of the molecule is C[C@@]1(O)CC[C@@]2(C)[C@H](CC[C@@H]3[C@@H]2CC[C@]2(C)[C@@H](C(=O)c4ccc(OC(F)(F)F)cc4)CC[C@@H]32)C1. The lowest BCUT2D eigenvalue weighted by Gasteiger charge is -2.61. The number of hydrogen-bond acceptors (Lipinski definition) is 3. The van der Waals surface area contributed by atoms with E-state index in [1.54, 1.807) is 0 Å². The zero-order valence-electron chi connectivity index (χ0n) is 20.5. The fourth-order valence-electron chi connectivity index (χ4n) is 8.88. The molecule has 0 saturated heterocycles. The molecule has 4 fully saturated rings. The first-order valence-electron chi connectivity index (χ1n) is 12.9. The Morgan fingerprint density at radius 3 is 2.26 bits per heavy atom. The molecule has 5 rings (SSSR count). The fourth-order valence-corrected chi connectivity index (χ4v) is 8.88. The number of fused-ring (bicyclic) bond motifs is 5. The van der Waals surface area contributed by atoms with E-state index in [0.29, 0.717) is 29.2 Å². The number of hydrogen-bond donors (Lipinski definition) is 1. The lowest BCUT2D eigenvalue weighted by molar-refractivity contribution is -0.274. The zero-order chi connectivity index (χ0) is 24.5. The predicted octanol–water partition coefficient (Wildman–Crippen LogP) is 7.18. The van der Waals surface area contributed by atoms with E-state index in [-0.39, 0.29) is 28.3 Å². The summed E-state index contributed by atoms with van der Waals surface area (Å²) in [5.74, 6) is 2.08. The van der Waals surface area contributed by atoms with Crippen molar-refractivity contribution in [3.63, 3.8) is 0 Å². The first kappa shape index (κ1) is 24.1. The molecule has 0 unspecified atom stereocenters. The van der Waals surface area contributed by atoms with Crippen molar-refractivity contribution in [1.82, 2.24) is 0 Å². The summed E-state index contributed by atoms with van der Waals surface area (Å²) in [6.07, 6.45) is 4.57. The standard InChI is InChI=1S/C28H37F3O3/c1-25(33)14-15-26(2)18(16-25)6-9-20-21-10-11-23(27(21,3)13-12-22(20)26)24(32)17-4-7-19(8-5-17)34-28(29,30)31/h4-5,7-8,18,20-23,33H,6,9-16H2,1-3H3/t18-,20+,21+,22+,23-,25-,26+,27+/m1/s1. The van der Waals surface area contributed by atoms with Crippen LogP contribution in [-0.4, -0.2) is 22.9 Å². The number of alkyl halides is 3. The van der Waals surface area contributed by atoms with E-state index >= 15 is 0 Å². The first-order valence-corrected chi connectivity index (χ1v) is 12.9. The van der Waals surface area contributed by atoms with E-state index in [0.717, 1.165) is 44.9 Å². The molecule has 4 aliphatic rings. The minimum absolute atomic E-state index is 0.0528. The molecule has 6 heteroatoms. The van der Waals surface area contributed by atoms with Crippen LogP contribution < -0.4 is 4.74 Å². The number of benzene rings is 1. The van der Waals surface area contributed by atoms with Gasteiger partial charge in [0, 0.05) is 11.5 Å². The molecule has 1 aromatic rings. The normalized spacial score (nSPS) is 44.0. The first-order chi connectivity index (χ1) is 15.8. The van der Waals surface area contributed by atoms with Gasteiger partial charge in [0.15, 0.2) is 5.78 Å². The van der Waals surface area contributed by atoms with Gasteiger partial charge >= 0.3 is 6.36 Å². The maximum absolute atomic E-state index is 13.5. The molecule has 0 amide bonds. The van der Waals surface area contributed by atoms with Crippen molar-refractivity contribution in [2.45, 2.75) is 90.5 Å². The second kappa shape index (κ2) is 7.97. The molecule has 0 aromatic heterocycles. The number of carbonyl (C=O) groups excluding carboxylic acids is 1. The third kappa shape index (κ3) is 3.98. The van der Waals surface area contributed by atoms with Gasteiger partial charge in [-0.1, -0.05) is 13.8 Å². The Bertz CT molecular complexity index is 939. The van der Waals surface area contributed by atoms with Gasteiger partial charge in [-0.15, -0.1) is 13.2 Å². The number of carbonyl (C=O) groups is 1. The number of Topliss-reactive ketones (excluding diaryl/α,β-unsaturated/α-hetero) is 1. The van der Waals surface area contributed by atoms with Gasteiger partial charge in [0.1, 0.15) is 5.75 Å². The molecule has 1 aromatic carbocycles. The molecule has 34 heavy (non-hydrogen) atoms. The Morgan fingerprint density at radius 1 is 0.912 bits per heavy atom. The van der Waals surface area contributed by atoms with Crippen molar-refractivity contribution in [3.05, 3.63) is 29.8 Å². The van der Waals surface area contributed by atoms with Gasteiger partial charge in [-0.2, -0.15) is 0 Å². The second-order valence-corrected chi connectivity index (χ2v) is 12.5. The van der Waals surface area contributed by atoms with Crippen LogP contribution in [0, 0.1) is 40.4 Å². The van der Waals surface area contributed by atoms with Crippen LogP contribution in [0.25, 0.3) is 0 Å². The summed E-state index contributed by atoms with van der Waals surface area (Å²) >= 11 is 0. The molecule has 0 heterocycles. The Labute approximate surface area is 200 Å². The summed E-state index contributed by atoms with van der Waals surface area (Å²) < 4.78 is 41.4. The smallest absolute Gasteiger partial charge is 0.406 e. The van der Waals surface area contributed by atoms with Gasteiger partial charge in [-0.05, 0) is 123 Å². The van der Waals surface area contributed by atoms with E-state index in [1.165, 1.54) is 37.1 Å². The summed E-state index contributed by atoms with van der Waals surface area (Å²) in [5.41, 5.74) is 0.172. The topological polar surface area (TPSA) is 46.5 Å². The van der Waals surface area contributed by atoms with Crippen molar-refractivity contribution in [1.29, 1.82) is 0 Å². The molecule has 3 nitrogen and oxygen atoms in total. The number of rotatable bonds is 3. The van der Waals surface area contributed by atoms with E-state index in [4.69, 9.17) is 0 Å². The third-order valence-corrected chi connectivity index (χ3v) is 10.6. The Morgan fingerprint density at radius 2 is 1.59 bits per heavy atom. The largest absolute Gasteiger partial charge is 0.573 e. The molecular formula is C28H37F3O3. The van der Waals surface area contributed by atoms with Crippen LogP contribution >= 0.6 is 0 Å². The minimum atomic E-state index is -4.74. The Hall–Kier alpha value is -1.56. The molecule has 0 radical (unpaired) electrons. The summed E-state index contributed by atoms with van der Waals surface area (Å²) in [6, 6.07) is 5.44. The van der Waals surface area contributed by atoms with Crippen molar-refractivity contribution >= 4 is 5.78 Å². The summed E-state index contributed by atoms with van der Waals surface area (Å²) in [4.78, 5) is 13.5. The maximum atomic E-state index is 13.5. The summed E-state index contributed by atoms with van der Waals surface area (Å²) in [6.45, 7) is 6.75. The van der Waals surface area contributed by atoms with E-state index in [2.05, 4.69) is 18.6 Å². The molecule has 1 N–H and O–H groups in total. The molecule has 0 aliphatic heterocycles. The average molecular weight is 479 g/mol. The predicted molar refractivity (Wildman–Crippen MR) is 123 cm³/mol. The van der Waals surface area contributed by atoms with Gasteiger partial charge in [-0.3, -0.25) is 4.79 Å². The van der Waals surface area contributed by atoms with Gasteiger partial charge in [-0.25, -0.2) is 0 Å². The van der Waals surface area contributed by atoms with Crippen molar-refractivity contribution in [2.24, 2.45) is 40.4 Å². The Kier molecular flexibility index (Phi) is 5.66. The van der Waals surface area contributed by atoms with E-state index in [9.17, 15) is 23.1 Å². The van der Waals surface area contributed by atoms with Crippen LogP contribution in [0.1, 0.15) is 88.9 Å². The average Bonchev–Trinajstić information content (AvgIpc) is 3.10. The lowest BCUT2D eigenvalue weighted by Crippen LogP contribution is -2.55. The number of aliphatic hydroxyl groups is 1. The van der Waals surface area contributed by atoms with Crippen molar-refractivity contribution in [2.75, 3.05) is 0 Å². The Balaban J connectivity index is 1.33. The maximum Gasteiger partial charge on any atom is 0.573 e. The van der Waals surface area contributed by atoms with Crippen LogP contribution in [0.5, 0.6) is 5.75 Å². The van der Waals surface area contributed by atoms with Crippen LogP contribution in [0.15, 0.2) is 24.3 Å². The van der Waals surface area contributed by atoms with Gasteiger partial charge in [0.05, 0.1) is 5.60 Å². The van der Waals surface area contributed by atoms with Crippen molar-refractivity contribution < 1.29 is 27.8 Å². The highest BCUT2D eigenvalue weighted by atomic mass is 19.4. The zero-order valence-corrected chi connectivity index (χ0v) is 20.5. The molecular weight excluding hydrogens is 441 g/mol. The van der Waals surface area contributed by atoms with Crippen LogP contribution in [0.4, 0.5) is 13.2 Å². The quantitative estimate of drug-likeness (QED) is 0.468. The highest BCUT2D eigenvalue weighted by molar-refractivity contribution is 5.98. The second-order valence-electron chi connectivity index (χ2n) is 12.5. The molecule has 188 valence electrons. The molecule has 0 bridgehead atoms. The minimum Gasteiger partial charge on any atom is -0.406 e. The summed E-state index contributed by atoms with van der Waals surface area (Å²) in [5, 5.41) is 10.7. The highest BCUT2D eigenvalue weighted by Gasteiger charge is 2.61. The number of ketones is 1.